The zero-order valence-electron chi connectivity index (χ0n) is 33.4. The number of esters is 1. The van der Waals surface area contributed by atoms with Crippen LogP contribution in [0.25, 0.3) is 0 Å². The van der Waals surface area contributed by atoms with E-state index in [0.29, 0.717) is 25.7 Å². The number of allylic oxidation sites excluding steroid dienone is 1. The summed E-state index contributed by atoms with van der Waals surface area (Å²) in [4.78, 5) is 26.5. The van der Waals surface area contributed by atoms with Crippen molar-refractivity contribution in [3.05, 3.63) is 23.3 Å². The lowest BCUT2D eigenvalue weighted by Crippen LogP contribution is -2.78. The average molecular weight is 765 g/mol. The molecule has 306 valence electrons. The Balaban J connectivity index is 1.18. The fourth-order valence-corrected chi connectivity index (χ4v) is 11.0. The summed E-state index contributed by atoms with van der Waals surface area (Å²) < 4.78 is 36.3. The second-order valence-electron chi connectivity index (χ2n) is 18.0. The van der Waals surface area contributed by atoms with Crippen molar-refractivity contribution in [3.8, 4) is 0 Å². The van der Waals surface area contributed by atoms with Gasteiger partial charge in [0, 0.05) is 31.9 Å². The summed E-state index contributed by atoms with van der Waals surface area (Å²) in [7, 11) is 1.53. The number of fused-ring (bicyclic) bond motifs is 5. The minimum Gasteiger partial charge on any atom is -0.458 e. The van der Waals surface area contributed by atoms with Gasteiger partial charge in [0.2, 0.25) is 0 Å². The van der Waals surface area contributed by atoms with Crippen molar-refractivity contribution in [2.75, 3.05) is 7.11 Å². The van der Waals surface area contributed by atoms with Crippen LogP contribution in [0.2, 0.25) is 0 Å². The predicted molar refractivity (Wildman–Crippen MR) is 195 cm³/mol. The Morgan fingerprint density at radius 3 is 2.24 bits per heavy atom. The molecule has 5 fully saturated rings. The predicted octanol–water partition coefficient (Wildman–Crippen LogP) is 3.40. The van der Waals surface area contributed by atoms with Crippen LogP contribution in [0.3, 0.4) is 0 Å². The minimum absolute atomic E-state index is 0.0302. The first-order valence-corrected chi connectivity index (χ1v) is 19.9. The molecule has 6 rings (SSSR count). The van der Waals surface area contributed by atoms with Crippen molar-refractivity contribution in [2.45, 2.75) is 191 Å². The molecule has 6 aliphatic rings. The highest BCUT2D eigenvalue weighted by Crippen LogP contribution is 2.71. The van der Waals surface area contributed by atoms with Crippen molar-refractivity contribution in [1.29, 1.82) is 0 Å². The zero-order valence-corrected chi connectivity index (χ0v) is 33.4. The SMILES string of the molecule is COC1CC(OC2C(O)CC(OC3CCC4(C)C(=CCC5(O)C4CC(OC(=O)C=C(C)C(C)C)C4(C)C(O)(C(C)=O)CCC54O)C3)OC2C)OC(C)C1O. The lowest BCUT2D eigenvalue weighted by molar-refractivity contribution is -0.320. The normalized spacial score (nSPS) is 49.4. The van der Waals surface area contributed by atoms with Crippen LogP contribution in [0.4, 0.5) is 0 Å². The van der Waals surface area contributed by atoms with Crippen LogP contribution in [-0.4, -0.2) is 123 Å². The quantitative estimate of drug-likeness (QED) is 0.131. The highest BCUT2D eigenvalue weighted by molar-refractivity contribution is 5.87. The molecule has 13 heteroatoms. The van der Waals surface area contributed by atoms with Gasteiger partial charge in [-0.05, 0) is 90.9 Å². The van der Waals surface area contributed by atoms with E-state index in [-0.39, 0.29) is 44.1 Å². The first-order valence-electron chi connectivity index (χ1n) is 19.9. The van der Waals surface area contributed by atoms with E-state index in [4.69, 9.17) is 28.4 Å². The molecule has 16 unspecified atom stereocenters. The number of hydrogen-bond donors (Lipinski definition) is 5. The first-order chi connectivity index (χ1) is 25.1. The lowest BCUT2D eigenvalue weighted by Gasteiger charge is -2.67. The number of Topliss-reactive ketones (excluding diaryl/α,β-unsaturated/α-hetero) is 1. The number of ether oxygens (including phenoxy) is 6. The number of hydrogen-bond acceptors (Lipinski definition) is 13. The molecule has 0 radical (unpaired) electrons. The Bertz CT molecular complexity index is 1480. The third kappa shape index (κ3) is 6.56. The molecule has 5 N–H and O–H groups in total. The van der Waals surface area contributed by atoms with Crippen molar-refractivity contribution < 1.29 is 63.5 Å². The molecule has 54 heavy (non-hydrogen) atoms. The van der Waals surface area contributed by atoms with E-state index in [1.54, 1.807) is 13.8 Å². The average Bonchev–Trinajstić information content (AvgIpc) is 3.33. The van der Waals surface area contributed by atoms with Gasteiger partial charge in [0.05, 0.1) is 35.9 Å². The fourth-order valence-electron chi connectivity index (χ4n) is 11.0. The van der Waals surface area contributed by atoms with Crippen LogP contribution >= 0.6 is 0 Å². The van der Waals surface area contributed by atoms with E-state index < -0.39 is 101 Å². The Morgan fingerprint density at radius 1 is 0.944 bits per heavy atom. The van der Waals surface area contributed by atoms with Crippen molar-refractivity contribution in [1.82, 2.24) is 0 Å². The molecule has 0 aromatic carbocycles. The smallest absolute Gasteiger partial charge is 0.330 e. The summed E-state index contributed by atoms with van der Waals surface area (Å²) in [5.74, 6) is -1.60. The van der Waals surface area contributed by atoms with E-state index in [2.05, 4.69) is 6.92 Å². The van der Waals surface area contributed by atoms with Crippen LogP contribution in [0, 0.1) is 22.7 Å². The number of rotatable bonds is 9. The topological polar surface area (TPSA) is 191 Å². The zero-order chi connectivity index (χ0) is 39.8. The van der Waals surface area contributed by atoms with Gasteiger partial charge in [-0.2, -0.15) is 0 Å². The van der Waals surface area contributed by atoms with Crippen molar-refractivity contribution in [2.24, 2.45) is 22.7 Å². The molecule has 2 aliphatic heterocycles. The highest BCUT2D eigenvalue weighted by atomic mass is 16.7. The van der Waals surface area contributed by atoms with Crippen LogP contribution in [0.1, 0.15) is 113 Å². The summed E-state index contributed by atoms with van der Waals surface area (Å²) in [6.45, 7) is 14.3. The van der Waals surface area contributed by atoms with Crippen molar-refractivity contribution in [3.63, 3.8) is 0 Å². The van der Waals surface area contributed by atoms with Gasteiger partial charge < -0.3 is 54.0 Å². The number of aliphatic hydroxyl groups excluding tert-OH is 2. The molecule has 0 aromatic rings. The van der Waals surface area contributed by atoms with E-state index >= 15 is 0 Å². The van der Waals surface area contributed by atoms with Gasteiger partial charge in [0.15, 0.2) is 18.4 Å². The summed E-state index contributed by atoms with van der Waals surface area (Å²) in [5, 5.41) is 59.0. The van der Waals surface area contributed by atoms with E-state index in [9.17, 15) is 35.1 Å². The Morgan fingerprint density at radius 2 is 1.61 bits per heavy atom. The third-order valence-corrected chi connectivity index (χ3v) is 14.9. The highest BCUT2D eigenvalue weighted by Gasteiger charge is 2.81. The number of methoxy groups -OCH3 is 1. The number of ketones is 1. The van der Waals surface area contributed by atoms with Crippen molar-refractivity contribution >= 4 is 11.8 Å². The van der Waals surface area contributed by atoms with E-state index in [0.717, 1.165) is 11.1 Å². The molecule has 3 saturated carbocycles. The minimum atomic E-state index is -2.01. The number of carbonyl (C=O) groups is 2. The first kappa shape index (κ1) is 41.8. The molecule has 0 bridgehead atoms. The molecule has 0 spiro atoms. The third-order valence-electron chi connectivity index (χ3n) is 14.9. The second-order valence-corrected chi connectivity index (χ2v) is 18.0. The van der Waals surface area contributed by atoms with Gasteiger partial charge in [0.25, 0.3) is 0 Å². The molecule has 4 aliphatic carbocycles. The molecule has 13 nitrogen and oxygen atoms in total. The standard InChI is InChI=1S/C41H64O13/c1-21(2)22(3)16-32(44)53-31-20-30-37(7)12-11-27(17-26(37)10-13-40(30,47)41(48)15-14-39(46,25(6)42)38(31,41)8)52-33-18-28(43)36(24(5)51-33)54-34-19-29(49-9)35(45)23(4)50-34/h10,16,21,23-24,27-31,33-36,43,45-48H,11-15,17-20H2,1-9H3. The van der Waals surface area contributed by atoms with E-state index in [1.807, 2.05) is 33.8 Å². The Kier molecular flexibility index (Phi) is 11.5. The lowest BCUT2D eigenvalue weighted by atomic mass is 9.42. The summed E-state index contributed by atoms with van der Waals surface area (Å²) in [6.07, 6.45) is -0.668. The van der Waals surface area contributed by atoms with E-state index in [1.165, 1.54) is 20.1 Å². The molecule has 16 atom stereocenters. The molecular weight excluding hydrogens is 700 g/mol. The van der Waals surface area contributed by atoms with Gasteiger partial charge >= 0.3 is 5.97 Å². The second kappa shape index (κ2) is 14.9. The summed E-state index contributed by atoms with van der Waals surface area (Å²) >= 11 is 0. The number of aliphatic hydroxyl groups is 5. The van der Waals surface area contributed by atoms with Crippen LogP contribution in [0.5, 0.6) is 0 Å². The molecular formula is C41H64O13. The Hall–Kier alpha value is -1.78. The van der Waals surface area contributed by atoms with Crippen LogP contribution in [0.15, 0.2) is 23.3 Å². The molecule has 0 amide bonds. The monoisotopic (exact) mass is 764 g/mol. The largest absolute Gasteiger partial charge is 0.458 e. The maximum Gasteiger partial charge on any atom is 0.330 e. The summed E-state index contributed by atoms with van der Waals surface area (Å²) in [5.41, 5.74) is -6.06. The molecule has 0 aromatic heterocycles. The molecule has 2 saturated heterocycles. The number of carbonyl (C=O) groups excluding carboxylic acids is 2. The fraction of sp³-hybridized carbons (Fsp3) is 0.854. The summed E-state index contributed by atoms with van der Waals surface area (Å²) in [6, 6.07) is 0. The van der Waals surface area contributed by atoms with Gasteiger partial charge in [-0.15, -0.1) is 0 Å². The van der Waals surface area contributed by atoms with Crippen LogP contribution in [-0.2, 0) is 38.0 Å². The van der Waals surface area contributed by atoms with Gasteiger partial charge in [0.1, 0.15) is 35.1 Å². The maximum absolute atomic E-state index is 13.4. The molecule has 2 heterocycles. The van der Waals surface area contributed by atoms with Gasteiger partial charge in [-0.1, -0.05) is 38.0 Å². The van der Waals surface area contributed by atoms with Gasteiger partial charge in [-0.25, -0.2) is 4.79 Å². The Labute approximate surface area is 319 Å². The van der Waals surface area contributed by atoms with Gasteiger partial charge in [-0.3, -0.25) is 4.79 Å². The maximum atomic E-state index is 13.4. The van der Waals surface area contributed by atoms with Crippen LogP contribution < -0.4 is 0 Å².